The largest absolute Gasteiger partial charge is 0.456 e. The van der Waals surface area contributed by atoms with Crippen LogP contribution >= 0.6 is 25.7 Å². The van der Waals surface area contributed by atoms with Gasteiger partial charge in [-0.2, -0.15) is 0 Å². The molecule has 3 nitrogen and oxygen atoms in total. The van der Waals surface area contributed by atoms with Crippen molar-refractivity contribution in [1.29, 1.82) is 0 Å². The first kappa shape index (κ1) is 29.7. The van der Waals surface area contributed by atoms with E-state index in [-0.39, 0.29) is 0 Å². The van der Waals surface area contributed by atoms with Gasteiger partial charge in [-0.3, -0.25) is 4.98 Å². The van der Waals surface area contributed by atoms with Crippen molar-refractivity contribution in [1.82, 2.24) is 9.55 Å². The summed E-state index contributed by atoms with van der Waals surface area (Å²) >= 11 is 0. The molecule has 3 heterocycles. The topological polar surface area (TPSA) is 31.0 Å². The molecule has 0 radical (unpaired) electrons. The van der Waals surface area contributed by atoms with Crippen molar-refractivity contribution >= 4 is 82.6 Å². The SMILES string of the molecule is P[SiH](P)Pc1cccc(-c2ccnc(-c3ccc(-n4c5ccccc5c5cc(-c6ccc7oc8ccccc8c7c6)ccc54)cc3)c2)c1. The van der Waals surface area contributed by atoms with E-state index in [4.69, 9.17) is 9.40 Å². The lowest BCUT2D eigenvalue weighted by Crippen LogP contribution is -1.98. The van der Waals surface area contributed by atoms with Gasteiger partial charge in [-0.05, 0) is 94.3 Å². The Morgan fingerprint density at radius 2 is 1.19 bits per heavy atom. The summed E-state index contributed by atoms with van der Waals surface area (Å²) in [5.74, 6) is 0. The molecule has 0 fully saturated rings. The second kappa shape index (κ2) is 12.2. The lowest BCUT2D eigenvalue weighted by molar-refractivity contribution is 0.669. The van der Waals surface area contributed by atoms with Crippen molar-refractivity contribution in [2.45, 2.75) is 0 Å². The molecule has 0 spiro atoms. The molecule has 0 saturated heterocycles. The van der Waals surface area contributed by atoms with Crippen LogP contribution in [0.5, 0.6) is 0 Å². The van der Waals surface area contributed by atoms with Crippen LogP contribution in [-0.4, -0.2) is 17.4 Å². The van der Waals surface area contributed by atoms with Gasteiger partial charge >= 0.3 is 0 Å². The van der Waals surface area contributed by atoms with E-state index in [1.807, 2.05) is 18.3 Å². The van der Waals surface area contributed by atoms with Gasteiger partial charge in [0.25, 0.3) is 0 Å². The number of nitrogens with zero attached hydrogens (tertiary/aromatic N) is 2. The van der Waals surface area contributed by atoms with Crippen molar-refractivity contribution in [3.8, 4) is 39.2 Å². The minimum atomic E-state index is -0.817. The third-order valence-electron chi connectivity index (χ3n) is 9.09. The van der Waals surface area contributed by atoms with Gasteiger partial charge in [-0.1, -0.05) is 87.0 Å². The van der Waals surface area contributed by atoms with E-state index in [0.29, 0.717) is 0 Å². The van der Waals surface area contributed by atoms with Gasteiger partial charge in [0.05, 0.1) is 16.7 Å². The second-order valence-electron chi connectivity index (χ2n) is 12.1. The quantitative estimate of drug-likeness (QED) is 0.129. The minimum absolute atomic E-state index is 0.817. The van der Waals surface area contributed by atoms with E-state index in [2.05, 4.69) is 156 Å². The molecule has 0 N–H and O–H groups in total. The molecule has 0 aliphatic rings. The second-order valence-corrected chi connectivity index (χ2v) is 27.5. The predicted octanol–water partition coefficient (Wildman–Crippen LogP) is 10.9. The molecular weight excluding hydrogens is 657 g/mol. The van der Waals surface area contributed by atoms with Crippen molar-refractivity contribution in [2.24, 2.45) is 0 Å². The third kappa shape index (κ3) is 5.31. The first-order chi connectivity index (χ1) is 23.6. The van der Waals surface area contributed by atoms with Gasteiger partial charge < -0.3 is 8.98 Å². The highest BCUT2D eigenvalue weighted by Crippen LogP contribution is 2.37. The lowest BCUT2D eigenvalue weighted by atomic mass is 10.0. The van der Waals surface area contributed by atoms with Gasteiger partial charge in [0.15, 0.2) is 0 Å². The van der Waals surface area contributed by atoms with Crippen LogP contribution in [0.1, 0.15) is 0 Å². The number of para-hydroxylation sites is 2. The van der Waals surface area contributed by atoms with Crippen LogP contribution in [0.25, 0.3) is 82.9 Å². The highest BCUT2D eigenvalue weighted by atomic mass is 31.8. The standard InChI is InChI=1S/C41H31N2OP3Si/c45-48(46)47-32-7-5-6-27(22-32)30-20-21-42-37(25-30)26-12-16-31(17-13-26)43-38-10-3-1-8-33(38)35-23-28(14-18-39(35)43)29-15-19-41-36(24-29)34-9-2-4-11-40(34)44-41/h1-25,47-48H,45-46H2. The Hall–Kier alpha value is -4.42. The molecule has 0 aliphatic heterocycles. The third-order valence-corrected chi connectivity index (χ3v) is 15.1. The molecule has 9 rings (SSSR count). The number of furan rings is 1. The fourth-order valence-electron chi connectivity index (χ4n) is 6.87. The summed E-state index contributed by atoms with van der Waals surface area (Å²) in [6.45, 7) is 0. The van der Waals surface area contributed by atoms with Crippen LogP contribution in [0.3, 0.4) is 0 Å². The maximum atomic E-state index is 6.09. The zero-order chi connectivity index (χ0) is 32.2. The van der Waals surface area contributed by atoms with Crippen LogP contribution in [0.4, 0.5) is 0 Å². The molecule has 0 bridgehead atoms. The predicted molar refractivity (Wildman–Crippen MR) is 217 cm³/mol. The Kier molecular flexibility index (Phi) is 7.57. The maximum Gasteiger partial charge on any atom is 0.135 e. The minimum Gasteiger partial charge on any atom is -0.456 e. The van der Waals surface area contributed by atoms with Crippen molar-refractivity contribution < 1.29 is 4.42 Å². The molecule has 0 saturated carbocycles. The first-order valence-electron chi connectivity index (χ1n) is 16.0. The fourth-order valence-corrected chi connectivity index (χ4v) is 12.8. The lowest BCUT2D eigenvalue weighted by Gasteiger charge is -2.11. The number of hydrogen-bond acceptors (Lipinski definition) is 2. The molecule has 230 valence electrons. The van der Waals surface area contributed by atoms with Crippen LogP contribution in [0, 0.1) is 0 Å². The number of pyridine rings is 1. The average molecular weight is 689 g/mol. The summed E-state index contributed by atoms with van der Waals surface area (Å²) in [4.78, 5) is 4.76. The molecule has 3 atom stereocenters. The Labute approximate surface area is 286 Å². The van der Waals surface area contributed by atoms with Crippen molar-refractivity contribution in [3.63, 3.8) is 0 Å². The number of aromatic nitrogens is 2. The Bertz CT molecular complexity index is 2640. The summed E-state index contributed by atoms with van der Waals surface area (Å²) in [5.41, 5.74) is 12.2. The molecule has 48 heavy (non-hydrogen) atoms. The van der Waals surface area contributed by atoms with E-state index < -0.39 is 7.80 Å². The summed E-state index contributed by atoms with van der Waals surface area (Å²) in [5, 5.41) is 6.18. The number of hydrogen-bond donors (Lipinski definition) is 0. The average Bonchev–Trinajstić information content (AvgIpc) is 3.67. The molecule has 0 amide bonds. The monoisotopic (exact) mass is 688 g/mol. The molecule has 0 aliphatic carbocycles. The van der Waals surface area contributed by atoms with Crippen molar-refractivity contribution in [3.05, 3.63) is 152 Å². The number of rotatable bonds is 6. The molecule has 6 aromatic carbocycles. The Balaban J connectivity index is 1.09. The first-order valence-corrected chi connectivity index (χ1v) is 24.1. The summed E-state index contributed by atoms with van der Waals surface area (Å²) < 4.78 is 8.47. The van der Waals surface area contributed by atoms with Gasteiger partial charge in [0, 0.05) is 39.0 Å². The summed E-state index contributed by atoms with van der Waals surface area (Å²) in [6, 6.07) is 52.4. The maximum absolute atomic E-state index is 6.09. The number of benzene rings is 6. The molecule has 3 aromatic heterocycles. The van der Waals surface area contributed by atoms with Crippen molar-refractivity contribution in [2.75, 3.05) is 0 Å². The normalized spacial score (nSPS) is 12.1. The highest BCUT2D eigenvalue weighted by molar-refractivity contribution is 8.23. The van der Waals surface area contributed by atoms with Gasteiger partial charge in [0.2, 0.25) is 0 Å². The van der Waals surface area contributed by atoms with Gasteiger partial charge in [-0.15, -0.1) is 17.6 Å². The smallest absolute Gasteiger partial charge is 0.135 e. The van der Waals surface area contributed by atoms with E-state index in [9.17, 15) is 0 Å². The van der Waals surface area contributed by atoms with E-state index in [1.54, 1.807) is 0 Å². The summed E-state index contributed by atoms with van der Waals surface area (Å²) in [6.07, 6.45) is 1.92. The number of fused-ring (bicyclic) bond motifs is 6. The molecule has 3 unspecified atom stereocenters. The zero-order valence-electron chi connectivity index (χ0n) is 26.0. The van der Waals surface area contributed by atoms with E-state index >= 15 is 0 Å². The van der Waals surface area contributed by atoms with Crippen LogP contribution < -0.4 is 5.30 Å². The molecule has 9 aromatic rings. The Morgan fingerprint density at radius 3 is 2.04 bits per heavy atom. The van der Waals surface area contributed by atoms with Crippen LogP contribution in [0.15, 0.2) is 156 Å². The van der Waals surface area contributed by atoms with Gasteiger partial charge in [0.1, 0.15) is 19.0 Å². The Morgan fingerprint density at radius 1 is 0.521 bits per heavy atom. The fraction of sp³-hybridized carbons (Fsp3) is 0. The van der Waals surface area contributed by atoms with Crippen LogP contribution in [0.2, 0.25) is 0 Å². The van der Waals surface area contributed by atoms with Crippen LogP contribution in [-0.2, 0) is 0 Å². The van der Waals surface area contributed by atoms with Gasteiger partial charge in [-0.25, -0.2) is 0 Å². The summed E-state index contributed by atoms with van der Waals surface area (Å²) in [7, 11) is 6.08. The highest BCUT2D eigenvalue weighted by Gasteiger charge is 2.15. The molecule has 7 heteroatoms. The van der Waals surface area contributed by atoms with E-state index in [0.717, 1.165) is 47.0 Å². The zero-order valence-corrected chi connectivity index (χ0v) is 30.4. The van der Waals surface area contributed by atoms with E-state index in [1.165, 1.54) is 49.4 Å². The molecular formula is C41H31N2OP3Si.